The number of morpholine rings is 1. The van der Waals surface area contributed by atoms with Crippen LogP contribution in [0.15, 0.2) is 24.3 Å². The number of benzene rings is 1. The van der Waals surface area contributed by atoms with Gasteiger partial charge in [-0.15, -0.1) is 0 Å². The Morgan fingerprint density at radius 2 is 2.24 bits per heavy atom. The van der Waals surface area contributed by atoms with E-state index in [1.165, 1.54) is 0 Å². The first kappa shape index (κ1) is 12.1. The largest absolute Gasteiger partial charge is 0.388 e. The number of nitrogens with one attached hydrogen (secondary N) is 1. The van der Waals surface area contributed by atoms with E-state index in [1.807, 2.05) is 0 Å². The summed E-state index contributed by atoms with van der Waals surface area (Å²) >= 11 is 0. The second-order valence-electron chi connectivity index (χ2n) is 4.21. The Labute approximate surface area is 101 Å². The Kier molecular flexibility index (Phi) is 4.10. The summed E-state index contributed by atoms with van der Waals surface area (Å²) in [6, 6.07) is 9.31. The second-order valence-corrected chi connectivity index (χ2v) is 4.21. The summed E-state index contributed by atoms with van der Waals surface area (Å²) in [5, 5.41) is 22.1. The van der Waals surface area contributed by atoms with E-state index in [0.29, 0.717) is 18.6 Å². The molecule has 0 bridgehead atoms. The lowest BCUT2D eigenvalue weighted by molar-refractivity contribution is 0.0519. The van der Waals surface area contributed by atoms with Crippen molar-refractivity contribution in [2.45, 2.75) is 18.6 Å². The fourth-order valence-electron chi connectivity index (χ4n) is 1.96. The molecule has 1 saturated heterocycles. The van der Waals surface area contributed by atoms with Gasteiger partial charge < -0.3 is 15.2 Å². The van der Waals surface area contributed by atoms with Crippen LogP contribution in [-0.2, 0) is 4.74 Å². The van der Waals surface area contributed by atoms with Gasteiger partial charge in [0.05, 0.1) is 31.0 Å². The molecule has 0 aromatic heterocycles. The molecule has 0 radical (unpaired) electrons. The van der Waals surface area contributed by atoms with Gasteiger partial charge in [0, 0.05) is 12.6 Å². The summed E-state index contributed by atoms with van der Waals surface area (Å²) in [5.41, 5.74) is 1.46. The topological polar surface area (TPSA) is 65.3 Å². The second kappa shape index (κ2) is 5.78. The third kappa shape index (κ3) is 3.27. The lowest BCUT2D eigenvalue weighted by Gasteiger charge is -2.25. The summed E-state index contributed by atoms with van der Waals surface area (Å²) < 4.78 is 5.34. The zero-order valence-electron chi connectivity index (χ0n) is 9.60. The van der Waals surface area contributed by atoms with Crippen molar-refractivity contribution in [2.75, 3.05) is 19.8 Å². The van der Waals surface area contributed by atoms with E-state index in [2.05, 4.69) is 11.4 Å². The van der Waals surface area contributed by atoms with Crippen molar-refractivity contribution in [1.29, 1.82) is 5.26 Å². The Morgan fingerprint density at radius 3 is 2.82 bits per heavy atom. The molecule has 0 spiro atoms. The Hall–Kier alpha value is -1.41. The summed E-state index contributed by atoms with van der Waals surface area (Å²) in [7, 11) is 0. The summed E-state index contributed by atoms with van der Waals surface area (Å²) in [6.45, 7) is 2.22. The normalized spacial score (nSPS) is 21.8. The molecular formula is C13H16N2O2. The number of aliphatic hydroxyl groups is 1. The van der Waals surface area contributed by atoms with Crippen LogP contribution in [0.25, 0.3) is 0 Å². The van der Waals surface area contributed by atoms with Crippen LogP contribution in [0.2, 0.25) is 0 Å². The summed E-state index contributed by atoms with van der Waals surface area (Å²) in [6.07, 6.45) is 0.119. The van der Waals surface area contributed by atoms with E-state index in [0.717, 1.165) is 18.7 Å². The number of rotatable bonds is 3. The number of nitrogens with zero attached hydrogens (tertiary/aromatic N) is 1. The predicted octanol–water partition coefficient (Wildman–Crippen LogP) is 0.970. The molecule has 4 heteroatoms. The molecule has 0 saturated carbocycles. The Morgan fingerprint density at radius 1 is 1.47 bits per heavy atom. The Balaban J connectivity index is 1.94. The quantitative estimate of drug-likeness (QED) is 0.815. The van der Waals surface area contributed by atoms with Gasteiger partial charge in [-0.3, -0.25) is 0 Å². The van der Waals surface area contributed by atoms with E-state index in [-0.39, 0.29) is 6.04 Å². The van der Waals surface area contributed by atoms with E-state index < -0.39 is 6.10 Å². The molecule has 2 atom stereocenters. The zero-order chi connectivity index (χ0) is 12.1. The minimum absolute atomic E-state index is 0.203. The van der Waals surface area contributed by atoms with Crippen LogP contribution in [0.3, 0.4) is 0 Å². The first-order valence-corrected chi connectivity index (χ1v) is 5.79. The smallest absolute Gasteiger partial charge is 0.0991 e. The van der Waals surface area contributed by atoms with Crippen molar-refractivity contribution >= 4 is 0 Å². The van der Waals surface area contributed by atoms with Gasteiger partial charge >= 0.3 is 0 Å². The minimum atomic E-state index is -0.512. The summed E-state index contributed by atoms with van der Waals surface area (Å²) in [5.74, 6) is 0. The number of hydrogen-bond donors (Lipinski definition) is 2. The van der Waals surface area contributed by atoms with Gasteiger partial charge in [-0.25, -0.2) is 0 Å². The molecule has 90 valence electrons. The molecule has 1 fully saturated rings. The predicted molar refractivity (Wildman–Crippen MR) is 63.3 cm³/mol. The van der Waals surface area contributed by atoms with Gasteiger partial charge in [-0.1, -0.05) is 12.1 Å². The molecule has 1 aliphatic heterocycles. The molecule has 4 nitrogen and oxygen atoms in total. The minimum Gasteiger partial charge on any atom is -0.388 e. The van der Waals surface area contributed by atoms with Gasteiger partial charge in [0.15, 0.2) is 0 Å². The molecule has 1 aromatic carbocycles. The number of nitriles is 1. The van der Waals surface area contributed by atoms with Gasteiger partial charge in [-0.2, -0.15) is 5.26 Å². The first-order chi connectivity index (χ1) is 8.29. The van der Waals surface area contributed by atoms with Gasteiger partial charge in [0.2, 0.25) is 0 Å². The van der Waals surface area contributed by atoms with E-state index in [1.54, 1.807) is 24.3 Å². The number of hydrogen-bond acceptors (Lipinski definition) is 4. The van der Waals surface area contributed by atoms with Crippen LogP contribution < -0.4 is 5.32 Å². The molecule has 0 amide bonds. The number of ether oxygens (including phenoxy) is 1. The van der Waals surface area contributed by atoms with Crippen LogP contribution >= 0.6 is 0 Å². The lowest BCUT2D eigenvalue weighted by atomic mass is 10.0. The zero-order valence-corrected chi connectivity index (χ0v) is 9.60. The molecule has 0 aliphatic carbocycles. The molecular weight excluding hydrogens is 216 g/mol. The van der Waals surface area contributed by atoms with Crippen molar-refractivity contribution in [3.05, 3.63) is 35.4 Å². The van der Waals surface area contributed by atoms with Crippen LogP contribution in [-0.4, -0.2) is 30.9 Å². The highest BCUT2D eigenvalue weighted by atomic mass is 16.5. The van der Waals surface area contributed by atoms with Crippen LogP contribution in [0, 0.1) is 11.3 Å². The van der Waals surface area contributed by atoms with Crippen LogP contribution in [0.4, 0.5) is 0 Å². The van der Waals surface area contributed by atoms with Crippen molar-refractivity contribution in [3.8, 4) is 6.07 Å². The maximum atomic E-state index is 10.1. The fourth-order valence-corrected chi connectivity index (χ4v) is 1.96. The molecule has 2 rings (SSSR count). The monoisotopic (exact) mass is 232 g/mol. The molecule has 1 heterocycles. The van der Waals surface area contributed by atoms with Crippen molar-refractivity contribution in [2.24, 2.45) is 0 Å². The first-order valence-electron chi connectivity index (χ1n) is 5.79. The van der Waals surface area contributed by atoms with Crippen molar-refractivity contribution in [3.63, 3.8) is 0 Å². The van der Waals surface area contributed by atoms with Crippen LogP contribution in [0.1, 0.15) is 23.7 Å². The van der Waals surface area contributed by atoms with Gasteiger partial charge in [0.25, 0.3) is 0 Å². The molecule has 2 unspecified atom stereocenters. The van der Waals surface area contributed by atoms with E-state index >= 15 is 0 Å². The molecule has 1 aromatic rings. The molecule has 1 aliphatic rings. The average molecular weight is 232 g/mol. The highest BCUT2D eigenvalue weighted by Crippen LogP contribution is 2.19. The van der Waals surface area contributed by atoms with Crippen molar-refractivity contribution < 1.29 is 9.84 Å². The van der Waals surface area contributed by atoms with E-state index in [9.17, 15) is 5.11 Å². The maximum absolute atomic E-state index is 10.1. The van der Waals surface area contributed by atoms with Crippen molar-refractivity contribution in [1.82, 2.24) is 5.32 Å². The highest BCUT2D eigenvalue weighted by molar-refractivity contribution is 5.32. The SMILES string of the molecule is N#Cc1ccc(C(O)CC2COCCN2)cc1. The van der Waals surface area contributed by atoms with E-state index in [4.69, 9.17) is 10.00 Å². The summed E-state index contributed by atoms with van der Waals surface area (Å²) in [4.78, 5) is 0. The van der Waals surface area contributed by atoms with Gasteiger partial charge in [-0.05, 0) is 24.1 Å². The van der Waals surface area contributed by atoms with Gasteiger partial charge in [0.1, 0.15) is 0 Å². The standard InChI is InChI=1S/C13H16N2O2/c14-8-10-1-3-11(4-2-10)13(16)7-12-9-17-6-5-15-12/h1-4,12-13,15-16H,5-7,9H2. The fraction of sp³-hybridized carbons (Fsp3) is 0.462. The average Bonchev–Trinajstić information content (AvgIpc) is 2.40. The molecule has 17 heavy (non-hydrogen) atoms. The maximum Gasteiger partial charge on any atom is 0.0991 e. The Bertz CT molecular complexity index is 391. The van der Waals surface area contributed by atoms with Crippen LogP contribution in [0.5, 0.6) is 0 Å². The number of aliphatic hydroxyl groups excluding tert-OH is 1. The molecule has 2 N–H and O–H groups in total. The highest BCUT2D eigenvalue weighted by Gasteiger charge is 2.18. The lowest BCUT2D eigenvalue weighted by Crippen LogP contribution is -2.42. The third-order valence-corrected chi connectivity index (χ3v) is 2.93. The third-order valence-electron chi connectivity index (χ3n) is 2.93.